The minimum Gasteiger partial charge on any atom is -0.508 e. The second-order valence-electron chi connectivity index (χ2n) is 4.57. The average molecular weight is 270 g/mol. The minimum absolute atomic E-state index is 0.136. The van der Waals surface area contributed by atoms with Crippen molar-refractivity contribution in [2.24, 2.45) is 0 Å². The highest BCUT2D eigenvalue weighted by molar-refractivity contribution is 5.80. The maximum atomic E-state index is 13.2. The predicted octanol–water partition coefficient (Wildman–Crippen LogP) is 3.61. The van der Waals surface area contributed by atoms with Gasteiger partial charge in [-0.2, -0.15) is 0 Å². The van der Waals surface area contributed by atoms with Crippen molar-refractivity contribution in [2.75, 3.05) is 0 Å². The van der Waals surface area contributed by atoms with Crippen molar-refractivity contribution in [3.05, 3.63) is 64.1 Å². The first-order valence-corrected chi connectivity index (χ1v) is 6.08. The summed E-state index contributed by atoms with van der Waals surface area (Å²) in [6.45, 7) is 1.64. The maximum Gasteiger partial charge on any atom is 0.196 e. The summed E-state index contributed by atoms with van der Waals surface area (Å²) in [6.07, 6.45) is 0. The molecule has 0 saturated carbocycles. The molecule has 0 fully saturated rings. The molecule has 100 valence electrons. The molecule has 0 atom stereocenters. The van der Waals surface area contributed by atoms with Gasteiger partial charge in [0.2, 0.25) is 0 Å². The number of hydrogen-bond acceptors (Lipinski definition) is 3. The SMILES string of the molecule is Cc1c(-c2ccc(O)cc2)oc2ccc(F)cc2c1=O. The minimum atomic E-state index is -0.471. The monoisotopic (exact) mass is 270 g/mol. The number of aromatic hydroxyl groups is 1. The third-order valence-electron chi connectivity index (χ3n) is 3.21. The zero-order chi connectivity index (χ0) is 14.3. The topological polar surface area (TPSA) is 50.4 Å². The smallest absolute Gasteiger partial charge is 0.196 e. The molecule has 0 unspecified atom stereocenters. The van der Waals surface area contributed by atoms with E-state index < -0.39 is 5.82 Å². The molecule has 3 aromatic rings. The van der Waals surface area contributed by atoms with Crippen LogP contribution in [-0.4, -0.2) is 5.11 Å². The second-order valence-corrected chi connectivity index (χ2v) is 4.57. The van der Waals surface area contributed by atoms with E-state index >= 15 is 0 Å². The molecule has 3 rings (SSSR count). The van der Waals surface area contributed by atoms with Crippen LogP contribution < -0.4 is 5.43 Å². The molecule has 0 aliphatic carbocycles. The number of hydrogen-bond donors (Lipinski definition) is 1. The van der Waals surface area contributed by atoms with Gasteiger partial charge in [0.15, 0.2) is 5.43 Å². The number of halogens is 1. The highest BCUT2D eigenvalue weighted by Crippen LogP contribution is 2.27. The second kappa shape index (κ2) is 4.49. The van der Waals surface area contributed by atoms with E-state index in [1.165, 1.54) is 30.3 Å². The molecule has 0 radical (unpaired) electrons. The molecule has 0 aliphatic heterocycles. The quantitative estimate of drug-likeness (QED) is 0.734. The van der Waals surface area contributed by atoms with Gasteiger partial charge in [0.1, 0.15) is 22.9 Å². The largest absolute Gasteiger partial charge is 0.508 e. The summed E-state index contributed by atoms with van der Waals surface area (Å²) in [5.74, 6) is 0.0901. The van der Waals surface area contributed by atoms with Crippen LogP contribution in [0, 0.1) is 12.7 Å². The van der Waals surface area contributed by atoms with Crippen molar-refractivity contribution in [3.63, 3.8) is 0 Å². The fourth-order valence-electron chi connectivity index (χ4n) is 2.15. The summed E-state index contributed by atoms with van der Waals surface area (Å²) < 4.78 is 18.9. The van der Waals surface area contributed by atoms with Gasteiger partial charge < -0.3 is 9.52 Å². The summed E-state index contributed by atoms with van der Waals surface area (Å²) >= 11 is 0. The Morgan fingerprint density at radius 2 is 1.80 bits per heavy atom. The van der Waals surface area contributed by atoms with Gasteiger partial charge in [0.05, 0.1) is 5.39 Å². The molecule has 0 amide bonds. The Morgan fingerprint density at radius 3 is 2.50 bits per heavy atom. The first-order chi connectivity index (χ1) is 9.56. The van der Waals surface area contributed by atoms with Crippen LogP contribution in [0.5, 0.6) is 5.75 Å². The van der Waals surface area contributed by atoms with Crippen LogP contribution in [0.2, 0.25) is 0 Å². The molecule has 1 N–H and O–H groups in total. The van der Waals surface area contributed by atoms with E-state index in [4.69, 9.17) is 4.42 Å². The molecule has 3 nitrogen and oxygen atoms in total. The van der Waals surface area contributed by atoms with Crippen molar-refractivity contribution >= 4 is 11.0 Å². The average Bonchev–Trinajstić information content (AvgIpc) is 2.44. The summed E-state index contributed by atoms with van der Waals surface area (Å²) in [6, 6.07) is 10.2. The Morgan fingerprint density at radius 1 is 1.10 bits per heavy atom. The zero-order valence-corrected chi connectivity index (χ0v) is 10.7. The summed E-state index contributed by atoms with van der Waals surface area (Å²) in [5.41, 5.74) is 1.18. The van der Waals surface area contributed by atoms with Gasteiger partial charge in [-0.05, 0) is 49.4 Å². The zero-order valence-electron chi connectivity index (χ0n) is 10.7. The van der Waals surface area contributed by atoms with Crippen LogP contribution in [0.1, 0.15) is 5.56 Å². The van der Waals surface area contributed by atoms with Gasteiger partial charge in [-0.3, -0.25) is 4.79 Å². The van der Waals surface area contributed by atoms with Crippen LogP contribution in [-0.2, 0) is 0 Å². The molecule has 0 bridgehead atoms. The number of fused-ring (bicyclic) bond motifs is 1. The van der Waals surface area contributed by atoms with Gasteiger partial charge in [-0.1, -0.05) is 0 Å². The molecule has 0 saturated heterocycles. The Hall–Kier alpha value is -2.62. The Bertz CT molecular complexity index is 848. The lowest BCUT2D eigenvalue weighted by atomic mass is 10.1. The molecule has 20 heavy (non-hydrogen) atoms. The normalized spacial score (nSPS) is 10.9. The van der Waals surface area contributed by atoms with Crippen molar-refractivity contribution in [1.29, 1.82) is 0 Å². The third-order valence-corrected chi connectivity index (χ3v) is 3.21. The number of phenols is 1. The number of rotatable bonds is 1. The van der Waals surface area contributed by atoms with E-state index in [2.05, 4.69) is 0 Å². The Labute approximate surface area is 113 Å². The summed E-state index contributed by atoms with van der Waals surface area (Å²) in [5, 5.41) is 9.52. The molecule has 0 spiro atoms. The summed E-state index contributed by atoms with van der Waals surface area (Å²) in [4.78, 5) is 12.3. The van der Waals surface area contributed by atoms with Crippen molar-refractivity contribution < 1.29 is 13.9 Å². The van der Waals surface area contributed by atoms with Crippen LogP contribution in [0.15, 0.2) is 51.7 Å². The predicted molar refractivity (Wildman–Crippen MR) is 74.3 cm³/mol. The lowest BCUT2D eigenvalue weighted by Crippen LogP contribution is -2.07. The van der Waals surface area contributed by atoms with E-state index in [1.807, 2.05) is 0 Å². The highest BCUT2D eigenvalue weighted by atomic mass is 19.1. The fraction of sp³-hybridized carbons (Fsp3) is 0.0625. The molecule has 2 aromatic carbocycles. The van der Waals surface area contributed by atoms with E-state index in [0.717, 1.165) is 0 Å². The summed E-state index contributed by atoms with van der Waals surface area (Å²) in [7, 11) is 0. The van der Waals surface area contributed by atoms with Crippen molar-refractivity contribution in [2.45, 2.75) is 6.92 Å². The first kappa shape index (κ1) is 12.4. The van der Waals surface area contributed by atoms with E-state index in [1.54, 1.807) is 19.1 Å². The van der Waals surface area contributed by atoms with Crippen molar-refractivity contribution in [3.8, 4) is 17.1 Å². The molecule has 1 heterocycles. The maximum absolute atomic E-state index is 13.2. The van der Waals surface area contributed by atoms with Gasteiger partial charge in [0.25, 0.3) is 0 Å². The van der Waals surface area contributed by atoms with Gasteiger partial charge in [-0.15, -0.1) is 0 Å². The Kier molecular flexibility index (Phi) is 2.79. The number of phenolic OH excluding ortho intramolecular Hbond substituents is 1. The van der Waals surface area contributed by atoms with E-state index in [-0.39, 0.29) is 16.6 Å². The fourth-order valence-corrected chi connectivity index (χ4v) is 2.15. The van der Waals surface area contributed by atoms with E-state index in [0.29, 0.717) is 22.5 Å². The van der Waals surface area contributed by atoms with Crippen molar-refractivity contribution in [1.82, 2.24) is 0 Å². The van der Waals surface area contributed by atoms with Gasteiger partial charge in [0, 0.05) is 11.1 Å². The lowest BCUT2D eigenvalue weighted by Gasteiger charge is -2.07. The highest BCUT2D eigenvalue weighted by Gasteiger charge is 2.13. The molecule has 0 aliphatic rings. The molecular weight excluding hydrogens is 259 g/mol. The van der Waals surface area contributed by atoms with Crippen LogP contribution in [0.25, 0.3) is 22.3 Å². The lowest BCUT2D eigenvalue weighted by molar-refractivity contribution is 0.475. The third kappa shape index (κ3) is 1.95. The van der Waals surface area contributed by atoms with Gasteiger partial charge >= 0.3 is 0 Å². The van der Waals surface area contributed by atoms with Crippen LogP contribution in [0.4, 0.5) is 4.39 Å². The van der Waals surface area contributed by atoms with Crippen LogP contribution in [0.3, 0.4) is 0 Å². The Balaban J connectivity index is 2.32. The van der Waals surface area contributed by atoms with Crippen LogP contribution >= 0.6 is 0 Å². The van der Waals surface area contributed by atoms with Gasteiger partial charge in [-0.25, -0.2) is 4.39 Å². The first-order valence-electron chi connectivity index (χ1n) is 6.08. The molecular formula is C16H11FO3. The van der Waals surface area contributed by atoms with E-state index in [9.17, 15) is 14.3 Å². The molecule has 1 aromatic heterocycles. The molecule has 4 heteroatoms. The number of benzene rings is 2. The standard InChI is InChI=1S/C16H11FO3/c1-9-15(19)13-8-11(17)4-7-14(13)20-16(9)10-2-5-12(18)6-3-10/h2-8,18H,1H3.